The fourth-order valence-electron chi connectivity index (χ4n) is 4.18. The molecule has 136 valence electrons. The second-order valence-electron chi connectivity index (χ2n) is 7.35. The molecule has 0 radical (unpaired) electrons. The molecule has 2 aliphatic heterocycles. The predicted molar refractivity (Wildman–Crippen MR) is 95.3 cm³/mol. The van der Waals surface area contributed by atoms with Crippen molar-refractivity contribution in [1.29, 1.82) is 0 Å². The van der Waals surface area contributed by atoms with E-state index in [2.05, 4.69) is 4.90 Å². The molecule has 2 fully saturated rings. The van der Waals surface area contributed by atoms with Gasteiger partial charge in [0.15, 0.2) is 0 Å². The molecule has 0 aromatic heterocycles. The van der Waals surface area contributed by atoms with Crippen molar-refractivity contribution in [3.63, 3.8) is 0 Å². The Labute approximate surface area is 148 Å². The number of carbonyl (C=O) groups is 1. The standard InChI is InChI=1S/C19H27N3O3/c23-19(21-12-5-1-2-6-13-21)17-9-7-11-20(15-17)14-16-8-3-4-10-18(16)22(24)25/h3-4,8,10,17H,1-2,5-7,9,11-15H2/p+1/t17-/m1/s1. The van der Waals surface area contributed by atoms with Crippen LogP contribution in [0.4, 0.5) is 5.69 Å². The number of piperidine rings is 1. The maximum absolute atomic E-state index is 12.9. The molecule has 1 unspecified atom stereocenters. The molecule has 0 spiro atoms. The highest BCUT2D eigenvalue weighted by atomic mass is 16.6. The highest BCUT2D eigenvalue weighted by molar-refractivity contribution is 5.79. The van der Waals surface area contributed by atoms with Crippen LogP contribution in [0.25, 0.3) is 0 Å². The van der Waals surface area contributed by atoms with Crippen molar-refractivity contribution in [3.8, 4) is 0 Å². The van der Waals surface area contributed by atoms with E-state index >= 15 is 0 Å². The summed E-state index contributed by atoms with van der Waals surface area (Å²) in [4.78, 5) is 27.1. The average molecular weight is 346 g/mol. The molecule has 6 nitrogen and oxygen atoms in total. The Morgan fingerprint density at radius 3 is 2.60 bits per heavy atom. The monoisotopic (exact) mass is 346 g/mol. The van der Waals surface area contributed by atoms with Gasteiger partial charge in [0.1, 0.15) is 6.54 Å². The lowest BCUT2D eigenvalue weighted by Crippen LogP contribution is -3.12. The highest BCUT2D eigenvalue weighted by Crippen LogP contribution is 2.19. The largest absolute Gasteiger partial charge is 0.342 e. The summed E-state index contributed by atoms with van der Waals surface area (Å²) in [6.07, 6.45) is 6.65. The first kappa shape index (κ1) is 17.9. The van der Waals surface area contributed by atoms with Gasteiger partial charge in [0.25, 0.3) is 5.69 Å². The summed E-state index contributed by atoms with van der Waals surface area (Å²) >= 11 is 0. The number of rotatable bonds is 4. The van der Waals surface area contributed by atoms with Gasteiger partial charge in [0.05, 0.1) is 29.5 Å². The van der Waals surface area contributed by atoms with Crippen molar-refractivity contribution in [2.24, 2.45) is 5.92 Å². The van der Waals surface area contributed by atoms with E-state index in [1.165, 1.54) is 17.7 Å². The molecule has 0 aliphatic carbocycles. The summed E-state index contributed by atoms with van der Waals surface area (Å²) < 4.78 is 0. The fraction of sp³-hybridized carbons (Fsp3) is 0.632. The number of hydrogen-bond donors (Lipinski definition) is 1. The van der Waals surface area contributed by atoms with Crippen LogP contribution >= 0.6 is 0 Å². The molecule has 2 saturated heterocycles. The Hall–Kier alpha value is -1.95. The van der Waals surface area contributed by atoms with Crippen LogP contribution in [-0.4, -0.2) is 41.9 Å². The second-order valence-corrected chi connectivity index (χ2v) is 7.35. The SMILES string of the molecule is O=C([C@@H]1CCC[NH+](Cc2ccccc2[N+](=O)[O-])C1)N1CCCCCC1. The van der Waals surface area contributed by atoms with E-state index in [1.807, 2.05) is 12.1 Å². The van der Waals surface area contributed by atoms with Crippen LogP contribution in [0.15, 0.2) is 24.3 Å². The van der Waals surface area contributed by atoms with Crippen molar-refractivity contribution in [2.45, 2.75) is 45.1 Å². The number of nitrogens with one attached hydrogen (secondary N) is 1. The Kier molecular flexibility index (Phi) is 6.02. The van der Waals surface area contributed by atoms with Gasteiger partial charge in [-0.15, -0.1) is 0 Å². The number of para-hydroxylation sites is 1. The first-order valence-corrected chi connectivity index (χ1v) is 9.50. The van der Waals surface area contributed by atoms with Crippen LogP contribution in [0.5, 0.6) is 0 Å². The van der Waals surface area contributed by atoms with Gasteiger partial charge in [0, 0.05) is 19.2 Å². The van der Waals surface area contributed by atoms with Gasteiger partial charge in [-0.1, -0.05) is 25.0 Å². The number of benzene rings is 1. The molecule has 2 aliphatic rings. The third-order valence-corrected chi connectivity index (χ3v) is 5.51. The van der Waals surface area contributed by atoms with Gasteiger partial charge in [-0.2, -0.15) is 0 Å². The van der Waals surface area contributed by atoms with Crippen LogP contribution in [-0.2, 0) is 11.3 Å². The van der Waals surface area contributed by atoms with Crippen molar-refractivity contribution in [1.82, 2.24) is 4.90 Å². The molecule has 2 heterocycles. The summed E-state index contributed by atoms with van der Waals surface area (Å²) in [7, 11) is 0. The number of nitro benzene ring substituents is 1. The molecule has 1 aromatic carbocycles. The van der Waals surface area contributed by atoms with Crippen molar-refractivity contribution < 1.29 is 14.6 Å². The van der Waals surface area contributed by atoms with E-state index in [1.54, 1.807) is 12.1 Å². The van der Waals surface area contributed by atoms with Crippen LogP contribution in [0.3, 0.4) is 0 Å². The lowest BCUT2D eigenvalue weighted by molar-refractivity contribution is -0.921. The minimum atomic E-state index is -0.307. The quantitative estimate of drug-likeness (QED) is 0.668. The first-order chi connectivity index (χ1) is 12.1. The molecule has 25 heavy (non-hydrogen) atoms. The molecule has 0 bridgehead atoms. The van der Waals surface area contributed by atoms with E-state index in [9.17, 15) is 14.9 Å². The smallest absolute Gasteiger partial charge is 0.278 e. The fourth-order valence-corrected chi connectivity index (χ4v) is 4.18. The Morgan fingerprint density at radius 1 is 1.16 bits per heavy atom. The molecule has 2 atom stereocenters. The summed E-state index contributed by atoms with van der Waals surface area (Å²) in [5.41, 5.74) is 0.960. The Balaban J connectivity index is 1.63. The summed E-state index contributed by atoms with van der Waals surface area (Å²) in [6.45, 7) is 4.20. The van der Waals surface area contributed by atoms with E-state index in [4.69, 9.17) is 0 Å². The van der Waals surface area contributed by atoms with Gasteiger partial charge in [-0.25, -0.2) is 0 Å². The van der Waals surface area contributed by atoms with Crippen LogP contribution < -0.4 is 4.90 Å². The summed E-state index contributed by atoms with van der Waals surface area (Å²) in [5.74, 6) is 0.381. The molecule has 1 N–H and O–H groups in total. The second kappa shape index (κ2) is 8.43. The van der Waals surface area contributed by atoms with Gasteiger partial charge in [-0.3, -0.25) is 14.9 Å². The summed E-state index contributed by atoms with van der Waals surface area (Å²) in [6, 6.07) is 6.97. The molecule has 0 saturated carbocycles. The van der Waals surface area contributed by atoms with E-state index < -0.39 is 0 Å². The zero-order chi connectivity index (χ0) is 17.6. The third-order valence-electron chi connectivity index (χ3n) is 5.51. The van der Waals surface area contributed by atoms with Gasteiger partial charge >= 0.3 is 0 Å². The number of likely N-dealkylation sites (tertiary alicyclic amines) is 2. The minimum absolute atomic E-state index is 0.0737. The van der Waals surface area contributed by atoms with E-state index in [0.717, 1.165) is 57.4 Å². The lowest BCUT2D eigenvalue weighted by Gasteiger charge is -2.32. The van der Waals surface area contributed by atoms with Gasteiger partial charge in [-0.05, 0) is 31.7 Å². The molecule has 1 aromatic rings. The Morgan fingerprint density at radius 2 is 1.88 bits per heavy atom. The van der Waals surface area contributed by atoms with Crippen LogP contribution in [0, 0.1) is 16.0 Å². The third kappa shape index (κ3) is 4.57. The van der Waals surface area contributed by atoms with Crippen molar-refractivity contribution in [2.75, 3.05) is 26.2 Å². The van der Waals surface area contributed by atoms with Crippen LogP contribution in [0.2, 0.25) is 0 Å². The molecular formula is C19H28N3O3+. The van der Waals surface area contributed by atoms with Crippen LogP contribution in [0.1, 0.15) is 44.1 Å². The molecule has 3 rings (SSSR count). The molecule has 1 amide bonds. The Bertz CT molecular complexity index is 612. The molecular weight excluding hydrogens is 318 g/mol. The number of hydrogen-bond acceptors (Lipinski definition) is 3. The van der Waals surface area contributed by atoms with E-state index in [-0.39, 0.29) is 16.5 Å². The van der Waals surface area contributed by atoms with Gasteiger partial charge < -0.3 is 9.80 Å². The zero-order valence-corrected chi connectivity index (χ0v) is 14.8. The zero-order valence-electron chi connectivity index (χ0n) is 14.8. The predicted octanol–water partition coefficient (Wildman–Crippen LogP) is 1.79. The highest BCUT2D eigenvalue weighted by Gasteiger charge is 2.32. The van der Waals surface area contributed by atoms with Crippen molar-refractivity contribution >= 4 is 11.6 Å². The maximum Gasteiger partial charge on any atom is 0.278 e. The number of carbonyl (C=O) groups excluding carboxylic acids is 1. The lowest BCUT2D eigenvalue weighted by atomic mass is 9.95. The number of nitro groups is 1. The summed E-state index contributed by atoms with van der Waals surface area (Å²) in [5, 5.41) is 11.2. The first-order valence-electron chi connectivity index (χ1n) is 9.50. The minimum Gasteiger partial charge on any atom is -0.342 e. The molecule has 6 heteroatoms. The average Bonchev–Trinajstić information content (AvgIpc) is 2.91. The number of amides is 1. The van der Waals surface area contributed by atoms with E-state index in [0.29, 0.717) is 12.5 Å². The topological polar surface area (TPSA) is 67.9 Å². The van der Waals surface area contributed by atoms with Crippen molar-refractivity contribution in [3.05, 3.63) is 39.9 Å². The normalized spacial score (nSPS) is 24.6. The number of quaternary nitrogens is 1. The number of nitrogens with zero attached hydrogens (tertiary/aromatic N) is 2. The van der Waals surface area contributed by atoms with Gasteiger partial charge in [0.2, 0.25) is 5.91 Å². The maximum atomic E-state index is 12.9.